The van der Waals surface area contributed by atoms with Crippen molar-refractivity contribution >= 4 is 17.2 Å². The summed E-state index contributed by atoms with van der Waals surface area (Å²) in [5.41, 5.74) is 2.55. The molecule has 5 heteroatoms. The molecule has 2 aromatic heterocycles. The van der Waals surface area contributed by atoms with E-state index >= 15 is 0 Å². The molecule has 21 heavy (non-hydrogen) atoms. The van der Waals surface area contributed by atoms with Crippen molar-refractivity contribution in [1.29, 1.82) is 0 Å². The third kappa shape index (κ3) is 2.39. The van der Waals surface area contributed by atoms with Gasteiger partial charge in [0.2, 0.25) is 0 Å². The molecule has 3 heterocycles. The van der Waals surface area contributed by atoms with Crippen LogP contribution in [-0.2, 0) is 25.9 Å². The number of hydrogen-bond donors (Lipinski definition) is 0. The van der Waals surface area contributed by atoms with Gasteiger partial charge >= 0.3 is 0 Å². The second-order valence-electron chi connectivity index (χ2n) is 5.92. The van der Waals surface area contributed by atoms with Crippen molar-refractivity contribution in [2.75, 3.05) is 6.54 Å². The van der Waals surface area contributed by atoms with Gasteiger partial charge in [-0.25, -0.2) is 4.98 Å². The van der Waals surface area contributed by atoms with Crippen LogP contribution in [0.15, 0.2) is 18.6 Å². The van der Waals surface area contributed by atoms with Crippen molar-refractivity contribution in [1.82, 2.24) is 14.5 Å². The summed E-state index contributed by atoms with van der Waals surface area (Å²) in [7, 11) is 0. The lowest BCUT2D eigenvalue weighted by molar-refractivity contribution is 0.0750. The first kappa shape index (κ1) is 13.1. The number of imidazole rings is 1. The highest BCUT2D eigenvalue weighted by atomic mass is 32.1. The molecular formula is C16H19N3OS. The lowest BCUT2D eigenvalue weighted by Crippen LogP contribution is -2.30. The first-order valence-corrected chi connectivity index (χ1v) is 8.53. The topological polar surface area (TPSA) is 38.1 Å². The molecule has 110 valence electrons. The summed E-state index contributed by atoms with van der Waals surface area (Å²) in [6.07, 6.45) is 9.58. The van der Waals surface area contributed by atoms with Crippen LogP contribution < -0.4 is 0 Å². The van der Waals surface area contributed by atoms with Crippen LogP contribution in [0.3, 0.4) is 0 Å². The highest BCUT2D eigenvalue weighted by Gasteiger charge is 2.23. The Balaban J connectivity index is 1.58. The molecule has 2 aliphatic rings. The second kappa shape index (κ2) is 5.30. The maximum absolute atomic E-state index is 12.8. The van der Waals surface area contributed by atoms with Crippen molar-refractivity contribution in [3.63, 3.8) is 0 Å². The normalized spacial score (nSPS) is 18.0. The zero-order valence-corrected chi connectivity index (χ0v) is 12.9. The van der Waals surface area contributed by atoms with E-state index in [1.54, 1.807) is 11.3 Å². The van der Waals surface area contributed by atoms with Crippen LogP contribution in [0.2, 0.25) is 0 Å². The predicted octanol–water partition coefficient (Wildman–Crippen LogP) is 2.87. The molecule has 4 nitrogen and oxygen atoms in total. The highest BCUT2D eigenvalue weighted by Crippen LogP contribution is 2.30. The van der Waals surface area contributed by atoms with Gasteiger partial charge in [0, 0.05) is 24.2 Å². The summed E-state index contributed by atoms with van der Waals surface area (Å²) in [6, 6.07) is 2.14. The maximum atomic E-state index is 12.8. The van der Waals surface area contributed by atoms with Crippen LogP contribution in [0.4, 0.5) is 0 Å². The Hall–Kier alpha value is -1.62. The zero-order valence-electron chi connectivity index (χ0n) is 12.0. The molecule has 0 saturated heterocycles. The van der Waals surface area contributed by atoms with E-state index in [2.05, 4.69) is 15.6 Å². The van der Waals surface area contributed by atoms with Crippen LogP contribution in [0.1, 0.15) is 45.1 Å². The Morgan fingerprint density at radius 3 is 3.00 bits per heavy atom. The molecule has 2 aromatic rings. The SMILES string of the molecule is O=C(c1cc2c(s1)CCCC2)N1CCCn2cncc2C1. The summed E-state index contributed by atoms with van der Waals surface area (Å²) in [6.45, 7) is 2.48. The molecule has 1 amide bonds. The number of amides is 1. The largest absolute Gasteiger partial charge is 0.333 e. The van der Waals surface area contributed by atoms with Gasteiger partial charge in [-0.05, 0) is 43.7 Å². The molecule has 0 aromatic carbocycles. The van der Waals surface area contributed by atoms with Crippen LogP contribution in [-0.4, -0.2) is 26.9 Å². The Morgan fingerprint density at radius 1 is 1.19 bits per heavy atom. The number of carbonyl (C=O) groups excluding carboxylic acids is 1. The van der Waals surface area contributed by atoms with Gasteiger partial charge in [-0.15, -0.1) is 11.3 Å². The number of rotatable bonds is 1. The Labute approximate surface area is 128 Å². The zero-order chi connectivity index (χ0) is 14.2. The molecule has 0 bridgehead atoms. The average Bonchev–Trinajstić information content (AvgIpc) is 3.08. The summed E-state index contributed by atoms with van der Waals surface area (Å²) in [5.74, 6) is 0.198. The van der Waals surface area contributed by atoms with E-state index in [9.17, 15) is 4.79 Å². The predicted molar refractivity (Wildman–Crippen MR) is 82.5 cm³/mol. The molecule has 0 radical (unpaired) electrons. The maximum Gasteiger partial charge on any atom is 0.264 e. The van der Waals surface area contributed by atoms with Gasteiger partial charge in [0.05, 0.1) is 23.4 Å². The minimum absolute atomic E-state index is 0.198. The van der Waals surface area contributed by atoms with Gasteiger partial charge in [0.15, 0.2) is 0 Å². The minimum Gasteiger partial charge on any atom is -0.333 e. The third-order valence-corrected chi connectivity index (χ3v) is 5.70. The van der Waals surface area contributed by atoms with Crippen molar-refractivity contribution in [3.8, 4) is 0 Å². The van der Waals surface area contributed by atoms with Gasteiger partial charge < -0.3 is 9.47 Å². The smallest absolute Gasteiger partial charge is 0.264 e. The fourth-order valence-electron chi connectivity index (χ4n) is 3.31. The summed E-state index contributed by atoms with van der Waals surface area (Å²) in [5, 5.41) is 0. The number of carbonyl (C=O) groups is 1. The highest BCUT2D eigenvalue weighted by molar-refractivity contribution is 7.14. The van der Waals surface area contributed by atoms with E-state index < -0.39 is 0 Å². The van der Waals surface area contributed by atoms with E-state index in [0.717, 1.165) is 42.9 Å². The molecule has 0 saturated carbocycles. The summed E-state index contributed by atoms with van der Waals surface area (Å²) < 4.78 is 2.16. The first-order chi connectivity index (χ1) is 10.3. The quantitative estimate of drug-likeness (QED) is 0.812. The Kier molecular flexibility index (Phi) is 3.30. The van der Waals surface area contributed by atoms with Crippen molar-refractivity contribution < 1.29 is 4.79 Å². The van der Waals surface area contributed by atoms with Gasteiger partial charge in [0.1, 0.15) is 0 Å². The molecule has 1 aliphatic heterocycles. The monoisotopic (exact) mass is 301 g/mol. The fourth-order valence-corrected chi connectivity index (χ4v) is 4.53. The number of aromatic nitrogens is 2. The van der Waals surface area contributed by atoms with Crippen LogP contribution >= 0.6 is 11.3 Å². The molecule has 1 aliphatic carbocycles. The van der Waals surface area contributed by atoms with Gasteiger partial charge in [-0.1, -0.05) is 0 Å². The molecule has 0 spiro atoms. The van der Waals surface area contributed by atoms with Crippen molar-refractivity contribution in [2.45, 2.75) is 45.2 Å². The van der Waals surface area contributed by atoms with E-state index in [1.807, 2.05) is 17.4 Å². The Bertz CT molecular complexity index is 649. The molecule has 0 N–H and O–H groups in total. The fraction of sp³-hybridized carbons (Fsp3) is 0.500. The van der Waals surface area contributed by atoms with Crippen LogP contribution in [0, 0.1) is 0 Å². The number of nitrogens with zero attached hydrogens (tertiary/aromatic N) is 3. The minimum atomic E-state index is 0.198. The van der Waals surface area contributed by atoms with Crippen LogP contribution in [0.25, 0.3) is 0 Å². The molecule has 0 unspecified atom stereocenters. The lowest BCUT2D eigenvalue weighted by Gasteiger charge is -2.19. The summed E-state index contributed by atoms with van der Waals surface area (Å²) in [4.78, 5) is 21.3. The number of hydrogen-bond acceptors (Lipinski definition) is 3. The van der Waals surface area contributed by atoms with Crippen molar-refractivity contribution in [3.05, 3.63) is 39.6 Å². The number of thiophene rings is 1. The van der Waals surface area contributed by atoms with Crippen LogP contribution in [0.5, 0.6) is 0 Å². The first-order valence-electron chi connectivity index (χ1n) is 7.71. The Morgan fingerprint density at radius 2 is 2.10 bits per heavy atom. The third-order valence-electron chi connectivity index (χ3n) is 4.47. The van der Waals surface area contributed by atoms with Gasteiger partial charge in [-0.3, -0.25) is 4.79 Å². The standard InChI is InChI=1S/C16H19N3OS/c20-16(15-8-12-4-1-2-5-14(12)21-15)18-6-3-7-19-11-17-9-13(19)10-18/h8-9,11H,1-7,10H2. The number of fused-ring (bicyclic) bond motifs is 2. The molecular weight excluding hydrogens is 282 g/mol. The van der Waals surface area contributed by atoms with E-state index in [1.165, 1.54) is 23.3 Å². The summed E-state index contributed by atoms with van der Waals surface area (Å²) >= 11 is 1.71. The molecule has 0 fully saturated rings. The van der Waals surface area contributed by atoms with Gasteiger partial charge in [0.25, 0.3) is 5.91 Å². The lowest BCUT2D eigenvalue weighted by atomic mass is 9.99. The number of aryl methyl sites for hydroxylation is 3. The van der Waals surface area contributed by atoms with E-state index in [4.69, 9.17) is 0 Å². The van der Waals surface area contributed by atoms with Gasteiger partial charge in [-0.2, -0.15) is 0 Å². The second-order valence-corrected chi connectivity index (χ2v) is 7.06. The molecule has 0 atom stereocenters. The van der Waals surface area contributed by atoms with E-state index in [-0.39, 0.29) is 5.91 Å². The van der Waals surface area contributed by atoms with E-state index in [0.29, 0.717) is 6.54 Å². The molecule has 4 rings (SSSR count). The average molecular weight is 301 g/mol. The van der Waals surface area contributed by atoms with Crippen molar-refractivity contribution in [2.24, 2.45) is 0 Å².